The van der Waals surface area contributed by atoms with Gasteiger partial charge in [-0.2, -0.15) is 5.26 Å². The number of nitrogens with two attached hydrogens (primary N) is 1. The van der Waals surface area contributed by atoms with Gasteiger partial charge >= 0.3 is 6.29 Å². The van der Waals surface area contributed by atoms with E-state index in [-0.39, 0.29) is 23.5 Å². The molecule has 0 bridgehead atoms. The number of fused-ring (bicyclic) bond motifs is 1. The van der Waals surface area contributed by atoms with E-state index in [1.807, 2.05) is 0 Å². The first-order chi connectivity index (χ1) is 8.44. The Morgan fingerprint density at radius 2 is 2.22 bits per heavy atom. The summed E-state index contributed by atoms with van der Waals surface area (Å²) in [6.45, 7) is 0. The molecule has 1 unspecified atom stereocenters. The first-order valence-corrected chi connectivity index (χ1v) is 4.99. The average molecular weight is 254 g/mol. The molecule has 5 nitrogen and oxygen atoms in total. The number of alkyl halides is 2. The second-order valence-electron chi connectivity index (χ2n) is 3.66. The molecule has 0 saturated heterocycles. The molecule has 0 aliphatic carbocycles. The Bertz CT molecular complexity index is 540. The lowest BCUT2D eigenvalue weighted by atomic mass is 9.94. The number of primary amides is 1. The summed E-state index contributed by atoms with van der Waals surface area (Å²) < 4.78 is 34.5. The van der Waals surface area contributed by atoms with Crippen LogP contribution >= 0.6 is 0 Å². The summed E-state index contributed by atoms with van der Waals surface area (Å²) in [5.41, 5.74) is 5.27. The zero-order valence-corrected chi connectivity index (χ0v) is 9.02. The van der Waals surface area contributed by atoms with Gasteiger partial charge in [-0.15, -0.1) is 8.78 Å². The predicted molar refractivity (Wildman–Crippen MR) is 54.8 cm³/mol. The molecule has 94 valence electrons. The summed E-state index contributed by atoms with van der Waals surface area (Å²) in [7, 11) is 0. The number of nitrogens with zero attached hydrogens (tertiary/aromatic N) is 1. The Labute approximate surface area is 101 Å². The van der Waals surface area contributed by atoms with E-state index < -0.39 is 18.1 Å². The van der Waals surface area contributed by atoms with Crippen molar-refractivity contribution in [2.24, 2.45) is 5.73 Å². The maximum Gasteiger partial charge on any atom is 0.586 e. The SMILES string of the molecule is N#CCC(C(N)=O)c1cccc2c1OC(F)(F)O2. The number of hydrogen-bond acceptors (Lipinski definition) is 4. The number of benzene rings is 1. The van der Waals surface area contributed by atoms with Gasteiger partial charge in [0.15, 0.2) is 11.5 Å². The Morgan fingerprint density at radius 3 is 2.83 bits per heavy atom. The van der Waals surface area contributed by atoms with Crippen molar-refractivity contribution in [2.75, 3.05) is 0 Å². The lowest BCUT2D eigenvalue weighted by molar-refractivity contribution is -0.287. The van der Waals surface area contributed by atoms with E-state index in [9.17, 15) is 13.6 Å². The number of carbonyl (C=O) groups is 1. The monoisotopic (exact) mass is 254 g/mol. The molecule has 1 atom stereocenters. The Balaban J connectivity index is 2.45. The van der Waals surface area contributed by atoms with E-state index in [4.69, 9.17) is 11.0 Å². The van der Waals surface area contributed by atoms with Crippen LogP contribution in [0.25, 0.3) is 0 Å². The zero-order chi connectivity index (χ0) is 13.3. The quantitative estimate of drug-likeness (QED) is 0.885. The van der Waals surface area contributed by atoms with Crippen LogP contribution in [0.5, 0.6) is 11.5 Å². The van der Waals surface area contributed by atoms with E-state index in [1.54, 1.807) is 6.07 Å². The van der Waals surface area contributed by atoms with Crippen LogP contribution in [0.4, 0.5) is 8.78 Å². The van der Waals surface area contributed by atoms with Gasteiger partial charge in [-0.05, 0) is 6.07 Å². The third-order valence-corrected chi connectivity index (χ3v) is 2.47. The zero-order valence-electron chi connectivity index (χ0n) is 9.02. The number of carbonyl (C=O) groups excluding carboxylic acids is 1. The summed E-state index contributed by atoms with van der Waals surface area (Å²) in [5, 5.41) is 8.62. The molecule has 1 aliphatic heterocycles. The fourth-order valence-corrected chi connectivity index (χ4v) is 1.72. The van der Waals surface area contributed by atoms with Crippen LogP contribution in [-0.2, 0) is 4.79 Å². The molecule has 7 heteroatoms. The molecule has 0 saturated carbocycles. The van der Waals surface area contributed by atoms with Gasteiger partial charge in [0, 0.05) is 5.56 Å². The van der Waals surface area contributed by atoms with Gasteiger partial charge in [0.05, 0.1) is 18.4 Å². The lowest BCUT2D eigenvalue weighted by Crippen LogP contribution is -2.26. The Hall–Kier alpha value is -2.36. The highest BCUT2D eigenvalue weighted by atomic mass is 19.3. The standard InChI is InChI=1S/C11H8F2N2O3/c12-11(13)17-8-3-1-2-6(9(8)18-11)7(4-5-14)10(15)16/h1-3,7H,4H2,(H2,15,16). The van der Waals surface area contributed by atoms with Crippen LogP contribution in [0.2, 0.25) is 0 Å². The average Bonchev–Trinajstić information content (AvgIpc) is 2.59. The molecule has 0 fully saturated rings. The second kappa shape index (κ2) is 4.14. The highest BCUT2D eigenvalue weighted by Crippen LogP contribution is 2.45. The number of halogens is 2. The lowest BCUT2D eigenvalue weighted by Gasteiger charge is -2.12. The molecule has 0 radical (unpaired) electrons. The van der Waals surface area contributed by atoms with E-state index in [0.29, 0.717) is 0 Å². The third-order valence-electron chi connectivity index (χ3n) is 2.47. The molecule has 2 N–H and O–H groups in total. The third kappa shape index (κ3) is 2.05. The summed E-state index contributed by atoms with van der Waals surface area (Å²) in [6.07, 6.45) is -3.99. The van der Waals surface area contributed by atoms with Crippen molar-refractivity contribution in [1.82, 2.24) is 0 Å². The van der Waals surface area contributed by atoms with E-state index in [1.165, 1.54) is 18.2 Å². The highest BCUT2D eigenvalue weighted by molar-refractivity contribution is 5.83. The number of nitriles is 1. The van der Waals surface area contributed by atoms with Crippen LogP contribution in [0, 0.1) is 11.3 Å². The summed E-state index contributed by atoms with van der Waals surface area (Å²) in [5.74, 6) is -2.23. The highest BCUT2D eigenvalue weighted by Gasteiger charge is 2.45. The molecule has 0 spiro atoms. The minimum Gasteiger partial charge on any atom is -0.395 e. The molecule has 1 aromatic carbocycles. The van der Waals surface area contributed by atoms with Crippen LogP contribution in [0.1, 0.15) is 17.9 Å². The van der Waals surface area contributed by atoms with Gasteiger partial charge in [-0.1, -0.05) is 12.1 Å². The molecule has 0 aromatic heterocycles. The summed E-state index contributed by atoms with van der Waals surface area (Å²) in [6, 6.07) is 5.88. The molecule has 1 aromatic rings. The number of para-hydroxylation sites is 1. The number of amides is 1. The molecule has 2 rings (SSSR count). The fourth-order valence-electron chi connectivity index (χ4n) is 1.72. The van der Waals surface area contributed by atoms with Gasteiger partial charge in [-0.25, -0.2) is 0 Å². The minimum atomic E-state index is -3.77. The van der Waals surface area contributed by atoms with Crippen molar-refractivity contribution in [3.63, 3.8) is 0 Å². The Kier molecular flexibility index (Phi) is 2.79. The molecular weight excluding hydrogens is 246 g/mol. The smallest absolute Gasteiger partial charge is 0.395 e. The van der Waals surface area contributed by atoms with Gasteiger partial charge in [-0.3, -0.25) is 4.79 Å². The fraction of sp³-hybridized carbons (Fsp3) is 0.273. The van der Waals surface area contributed by atoms with E-state index in [0.717, 1.165) is 0 Å². The van der Waals surface area contributed by atoms with Crippen molar-refractivity contribution >= 4 is 5.91 Å². The van der Waals surface area contributed by atoms with Crippen LogP contribution in [0.15, 0.2) is 18.2 Å². The van der Waals surface area contributed by atoms with Gasteiger partial charge in [0.1, 0.15) is 0 Å². The molecule has 1 aliphatic rings. The molecule has 1 amide bonds. The van der Waals surface area contributed by atoms with Gasteiger partial charge in [0.2, 0.25) is 5.91 Å². The van der Waals surface area contributed by atoms with Gasteiger partial charge in [0.25, 0.3) is 0 Å². The predicted octanol–water partition coefficient (Wildman–Crippen LogP) is 1.49. The molecular formula is C11H8F2N2O3. The molecule has 1 heterocycles. The van der Waals surface area contributed by atoms with E-state index >= 15 is 0 Å². The van der Waals surface area contributed by atoms with Crippen molar-refractivity contribution in [3.05, 3.63) is 23.8 Å². The van der Waals surface area contributed by atoms with E-state index in [2.05, 4.69) is 9.47 Å². The number of hydrogen-bond donors (Lipinski definition) is 1. The first-order valence-electron chi connectivity index (χ1n) is 4.99. The topological polar surface area (TPSA) is 85.3 Å². The Morgan fingerprint density at radius 1 is 1.50 bits per heavy atom. The maximum atomic E-state index is 12.9. The summed E-state index contributed by atoms with van der Waals surface area (Å²) in [4.78, 5) is 11.2. The summed E-state index contributed by atoms with van der Waals surface area (Å²) >= 11 is 0. The first kappa shape index (κ1) is 12.1. The van der Waals surface area contributed by atoms with Crippen LogP contribution in [0.3, 0.4) is 0 Å². The van der Waals surface area contributed by atoms with Crippen molar-refractivity contribution in [1.29, 1.82) is 5.26 Å². The van der Waals surface area contributed by atoms with Crippen molar-refractivity contribution in [2.45, 2.75) is 18.6 Å². The number of rotatable bonds is 3. The number of ether oxygens (including phenoxy) is 2. The maximum absolute atomic E-state index is 12.9. The van der Waals surface area contributed by atoms with Gasteiger partial charge < -0.3 is 15.2 Å². The molecule has 18 heavy (non-hydrogen) atoms. The second-order valence-corrected chi connectivity index (χ2v) is 3.66. The largest absolute Gasteiger partial charge is 0.586 e. The van der Waals surface area contributed by atoms with Crippen molar-refractivity contribution in [3.8, 4) is 17.6 Å². The van der Waals surface area contributed by atoms with Crippen LogP contribution in [-0.4, -0.2) is 12.2 Å². The normalized spacial score (nSPS) is 16.9. The van der Waals surface area contributed by atoms with Crippen LogP contribution < -0.4 is 15.2 Å². The van der Waals surface area contributed by atoms with Crippen molar-refractivity contribution < 1.29 is 23.0 Å². The minimum absolute atomic E-state index is 0.124.